The number of benzene rings is 1. The van der Waals surface area contributed by atoms with Gasteiger partial charge in [-0.05, 0) is 36.5 Å². The van der Waals surface area contributed by atoms with Gasteiger partial charge in [0.05, 0.1) is 0 Å². The average molecular weight is 393 g/mol. The van der Waals surface area contributed by atoms with Crippen LogP contribution in [0.4, 0.5) is 10.1 Å². The molecule has 0 aliphatic rings. The van der Waals surface area contributed by atoms with E-state index in [0.29, 0.717) is 10.7 Å². The number of halogens is 5. The number of hydrogen-bond acceptors (Lipinski definition) is 2. The van der Waals surface area contributed by atoms with E-state index >= 15 is 0 Å². The fourth-order valence-electron chi connectivity index (χ4n) is 1.23. The number of amides is 1. The minimum atomic E-state index is -1.92. The Hall–Kier alpha value is -0.530. The Labute approximate surface area is 146 Å². The maximum absolute atomic E-state index is 12.2. The molecular weight excluding hydrogens is 383 g/mol. The first-order valence-electron chi connectivity index (χ1n) is 5.47. The SMILES string of the molecule is O=C(CF)N[C@H](NC(=S)Nc1ccc(Cl)cc1)C(Cl)(Cl)Cl. The Bertz CT molecular complexity index is 509. The Balaban J connectivity index is 2.67. The van der Waals surface area contributed by atoms with E-state index in [1.807, 2.05) is 0 Å². The standard InChI is InChI=1S/C11H10Cl4FN3OS/c12-6-1-3-7(4-2-6)17-10(21)19-9(11(13,14)15)18-8(20)5-16/h1-4,9H,5H2,(H,18,20)(H2,17,19,21)/t9-/m1/s1. The van der Waals surface area contributed by atoms with Gasteiger partial charge in [0.25, 0.3) is 5.91 Å². The lowest BCUT2D eigenvalue weighted by molar-refractivity contribution is -0.122. The average Bonchev–Trinajstić information content (AvgIpc) is 2.39. The third-order valence-electron chi connectivity index (χ3n) is 2.13. The fraction of sp³-hybridized carbons (Fsp3) is 0.273. The van der Waals surface area contributed by atoms with Crippen LogP contribution in [0, 0.1) is 0 Å². The molecule has 10 heteroatoms. The van der Waals surface area contributed by atoms with E-state index in [-0.39, 0.29) is 5.11 Å². The Morgan fingerprint density at radius 3 is 2.29 bits per heavy atom. The van der Waals surface area contributed by atoms with Gasteiger partial charge in [-0.1, -0.05) is 46.4 Å². The number of thiocarbonyl (C=S) groups is 1. The minimum absolute atomic E-state index is 0.0767. The Kier molecular flexibility index (Phi) is 7.23. The van der Waals surface area contributed by atoms with Gasteiger partial charge in [-0.15, -0.1) is 0 Å². The highest BCUT2D eigenvalue weighted by Gasteiger charge is 2.34. The van der Waals surface area contributed by atoms with Gasteiger partial charge in [0.2, 0.25) is 3.79 Å². The summed E-state index contributed by atoms with van der Waals surface area (Å²) in [5.74, 6) is -0.937. The van der Waals surface area contributed by atoms with Crippen molar-refractivity contribution in [2.75, 3.05) is 12.0 Å². The van der Waals surface area contributed by atoms with Crippen molar-refractivity contribution >= 4 is 75.3 Å². The van der Waals surface area contributed by atoms with Crippen molar-refractivity contribution in [3.63, 3.8) is 0 Å². The number of rotatable bonds is 4. The molecule has 0 aliphatic heterocycles. The van der Waals surface area contributed by atoms with E-state index in [1.54, 1.807) is 24.3 Å². The monoisotopic (exact) mass is 391 g/mol. The molecule has 0 saturated heterocycles. The third kappa shape index (κ3) is 6.84. The summed E-state index contributed by atoms with van der Waals surface area (Å²) < 4.78 is 10.3. The summed E-state index contributed by atoms with van der Waals surface area (Å²) in [5, 5.41) is 8.19. The van der Waals surface area contributed by atoms with Crippen LogP contribution in [0.15, 0.2) is 24.3 Å². The molecule has 3 N–H and O–H groups in total. The van der Waals surface area contributed by atoms with Gasteiger partial charge in [-0.25, -0.2) is 4.39 Å². The van der Waals surface area contributed by atoms with Crippen molar-refractivity contribution in [2.24, 2.45) is 0 Å². The lowest BCUT2D eigenvalue weighted by Gasteiger charge is -2.27. The van der Waals surface area contributed by atoms with Crippen molar-refractivity contribution in [3.8, 4) is 0 Å². The zero-order valence-corrected chi connectivity index (χ0v) is 14.1. The van der Waals surface area contributed by atoms with Crippen LogP contribution >= 0.6 is 58.6 Å². The molecule has 0 bridgehead atoms. The largest absolute Gasteiger partial charge is 0.339 e. The van der Waals surface area contributed by atoms with Crippen LogP contribution in [-0.2, 0) is 4.79 Å². The molecule has 1 aromatic rings. The van der Waals surface area contributed by atoms with Gasteiger partial charge in [0, 0.05) is 10.7 Å². The normalized spacial score (nSPS) is 12.4. The van der Waals surface area contributed by atoms with Crippen LogP contribution < -0.4 is 16.0 Å². The summed E-state index contributed by atoms with van der Waals surface area (Å²) in [7, 11) is 0. The minimum Gasteiger partial charge on any atom is -0.339 e. The van der Waals surface area contributed by atoms with Gasteiger partial charge in [0.15, 0.2) is 11.8 Å². The van der Waals surface area contributed by atoms with Crippen LogP contribution in [0.25, 0.3) is 0 Å². The first kappa shape index (κ1) is 18.5. The van der Waals surface area contributed by atoms with Gasteiger partial charge in [-0.3, -0.25) is 4.79 Å². The molecule has 1 atom stereocenters. The molecule has 0 aliphatic carbocycles. The molecule has 1 rings (SSSR count). The summed E-state index contributed by atoms with van der Waals surface area (Å²) in [4.78, 5) is 11.1. The molecule has 0 aromatic heterocycles. The lowest BCUT2D eigenvalue weighted by Crippen LogP contribution is -2.56. The first-order chi connectivity index (χ1) is 9.72. The molecule has 1 aromatic carbocycles. The molecular formula is C11H10Cl4FN3OS. The molecule has 0 spiro atoms. The van der Waals surface area contributed by atoms with E-state index in [9.17, 15) is 9.18 Å². The predicted octanol–water partition coefficient (Wildman–Crippen LogP) is 3.41. The quantitative estimate of drug-likeness (QED) is 0.417. The second kappa shape index (κ2) is 8.19. The zero-order chi connectivity index (χ0) is 16.0. The van der Waals surface area contributed by atoms with Crippen molar-refractivity contribution in [1.29, 1.82) is 0 Å². The van der Waals surface area contributed by atoms with Gasteiger partial charge in [-0.2, -0.15) is 0 Å². The maximum Gasteiger partial charge on any atom is 0.253 e. The van der Waals surface area contributed by atoms with E-state index in [4.69, 9.17) is 58.6 Å². The van der Waals surface area contributed by atoms with Gasteiger partial charge < -0.3 is 16.0 Å². The number of hydrogen-bond donors (Lipinski definition) is 3. The molecule has 0 radical (unpaired) electrons. The van der Waals surface area contributed by atoms with E-state index in [2.05, 4.69) is 16.0 Å². The number of carbonyl (C=O) groups excluding carboxylic acids is 1. The number of alkyl halides is 4. The summed E-state index contributed by atoms with van der Waals surface area (Å²) in [6, 6.07) is 6.68. The Morgan fingerprint density at radius 1 is 1.24 bits per heavy atom. The van der Waals surface area contributed by atoms with E-state index < -0.39 is 22.5 Å². The molecule has 0 fully saturated rings. The zero-order valence-electron chi connectivity index (χ0n) is 10.3. The molecule has 4 nitrogen and oxygen atoms in total. The van der Waals surface area contributed by atoms with Crippen LogP contribution in [0.2, 0.25) is 5.02 Å². The van der Waals surface area contributed by atoms with Crippen molar-refractivity contribution in [3.05, 3.63) is 29.3 Å². The molecule has 0 unspecified atom stereocenters. The summed E-state index contributed by atoms with van der Waals surface area (Å²) in [5.41, 5.74) is 0.636. The first-order valence-corrected chi connectivity index (χ1v) is 7.39. The smallest absolute Gasteiger partial charge is 0.253 e. The lowest BCUT2D eigenvalue weighted by atomic mass is 10.3. The van der Waals surface area contributed by atoms with Gasteiger partial charge in [0.1, 0.15) is 6.17 Å². The van der Waals surface area contributed by atoms with Crippen LogP contribution in [-0.4, -0.2) is 27.7 Å². The summed E-state index contributed by atoms with van der Waals surface area (Å²) in [6.07, 6.45) is -1.20. The summed E-state index contributed by atoms with van der Waals surface area (Å²) in [6.45, 7) is -1.24. The molecule has 21 heavy (non-hydrogen) atoms. The fourth-order valence-corrected chi connectivity index (χ4v) is 1.92. The highest BCUT2D eigenvalue weighted by atomic mass is 35.6. The predicted molar refractivity (Wildman–Crippen MR) is 89.0 cm³/mol. The molecule has 1 amide bonds. The molecule has 0 saturated carbocycles. The number of anilines is 1. The van der Waals surface area contributed by atoms with E-state index in [1.165, 1.54) is 0 Å². The highest BCUT2D eigenvalue weighted by molar-refractivity contribution is 7.80. The second-order valence-corrected chi connectivity index (χ2v) is 6.99. The van der Waals surface area contributed by atoms with Crippen molar-refractivity contribution < 1.29 is 9.18 Å². The Morgan fingerprint density at radius 2 is 1.81 bits per heavy atom. The number of carbonyl (C=O) groups is 1. The van der Waals surface area contributed by atoms with Crippen LogP contribution in [0.1, 0.15) is 0 Å². The number of nitrogens with one attached hydrogen (secondary N) is 3. The van der Waals surface area contributed by atoms with Crippen molar-refractivity contribution in [2.45, 2.75) is 9.96 Å². The second-order valence-electron chi connectivity index (χ2n) is 3.78. The molecule has 0 heterocycles. The summed E-state index contributed by atoms with van der Waals surface area (Å²) >= 11 is 27.9. The van der Waals surface area contributed by atoms with Crippen LogP contribution in [0.5, 0.6) is 0 Å². The topological polar surface area (TPSA) is 53.2 Å². The van der Waals surface area contributed by atoms with Crippen molar-refractivity contribution in [1.82, 2.24) is 10.6 Å². The highest BCUT2D eigenvalue weighted by Crippen LogP contribution is 2.29. The van der Waals surface area contributed by atoms with Crippen LogP contribution in [0.3, 0.4) is 0 Å². The molecule has 116 valence electrons. The third-order valence-corrected chi connectivity index (χ3v) is 3.26. The van der Waals surface area contributed by atoms with E-state index in [0.717, 1.165) is 0 Å². The maximum atomic E-state index is 12.2. The van der Waals surface area contributed by atoms with Gasteiger partial charge >= 0.3 is 0 Å².